The summed E-state index contributed by atoms with van der Waals surface area (Å²) >= 11 is 1.87. The molecular weight excluding hydrogens is 182 g/mol. The van der Waals surface area contributed by atoms with Crippen molar-refractivity contribution in [3.05, 3.63) is 0 Å². The van der Waals surface area contributed by atoms with Gasteiger partial charge in [0.25, 0.3) is 0 Å². The van der Waals surface area contributed by atoms with E-state index in [9.17, 15) is 4.79 Å². The maximum absolute atomic E-state index is 11.0. The third-order valence-electron chi connectivity index (χ3n) is 3.10. The number of nitrogens with one attached hydrogen (secondary N) is 1. The lowest BCUT2D eigenvalue weighted by atomic mass is 9.86. The molecule has 2 aliphatic rings. The number of amides is 1. The zero-order valence-corrected chi connectivity index (χ0v) is 8.74. The number of hydrogen-bond donors (Lipinski definition) is 1. The van der Waals surface area contributed by atoms with E-state index in [4.69, 9.17) is 0 Å². The van der Waals surface area contributed by atoms with Crippen LogP contribution in [0.4, 0.5) is 0 Å². The van der Waals surface area contributed by atoms with Gasteiger partial charge in [-0.15, -0.1) is 11.8 Å². The first-order valence-electron chi connectivity index (χ1n) is 5.24. The fraction of sp³-hybridized carbons (Fsp3) is 0.900. The van der Waals surface area contributed by atoms with Gasteiger partial charge < -0.3 is 5.32 Å². The summed E-state index contributed by atoms with van der Waals surface area (Å²) in [5, 5.41) is 3.68. The van der Waals surface area contributed by atoms with Crippen LogP contribution >= 0.6 is 11.8 Å². The summed E-state index contributed by atoms with van der Waals surface area (Å²) in [6.07, 6.45) is 6.98. The third kappa shape index (κ3) is 2.39. The fourth-order valence-electron chi connectivity index (χ4n) is 2.32. The van der Waals surface area contributed by atoms with Gasteiger partial charge >= 0.3 is 0 Å². The molecule has 1 aliphatic carbocycles. The minimum absolute atomic E-state index is 0.219. The molecule has 0 spiro atoms. The molecule has 1 atom stereocenters. The first kappa shape index (κ1) is 9.38. The molecule has 0 aromatic heterocycles. The first-order valence-corrected chi connectivity index (χ1v) is 6.29. The lowest BCUT2D eigenvalue weighted by Crippen LogP contribution is -2.41. The van der Waals surface area contributed by atoms with E-state index in [1.165, 1.54) is 32.1 Å². The summed E-state index contributed by atoms with van der Waals surface area (Å²) in [5.74, 6) is 1.78. The highest BCUT2D eigenvalue weighted by Gasteiger charge is 2.27. The average Bonchev–Trinajstić information content (AvgIpc) is 2.20. The van der Waals surface area contributed by atoms with Crippen LogP contribution in [0.25, 0.3) is 0 Å². The van der Waals surface area contributed by atoms with Crippen molar-refractivity contribution in [2.45, 2.75) is 37.4 Å². The standard InChI is InChI=1S/C10H17NOS/c12-10-7-13-9(6-11-10)8-4-2-1-3-5-8/h8-9H,1-7H2,(H,11,12)/t9-/m0/s1. The van der Waals surface area contributed by atoms with Gasteiger partial charge in [-0.2, -0.15) is 0 Å². The lowest BCUT2D eigenvalue weighted by Gasteiger charge is -2.32. The number of thioether (sulfide) groups is 1. The number of rotatable bonds is 1. The Labute approximate surface area is 83.8 Å². The summed E-state index contributed by atoms with van der Waals surface area (Å²) in [6.45, 7) is 0.911. The zero-order chi connectivity index (χ0) is 9.10. The summed E-state index contributed by atoms with van der Waals surface area (Å²) in [6, 6.07) is 0. The largest absolute Gasteiger partial charge is 0.354 e. The Balaban J connectivity index is 1.82. The van der Waals surface area contributed by atoms with Crippen molar-refractivity contribution in [3.8, 4) is 0 Å². The monoisotopic (exact) mass is 199 g/mol. The molecule has 2 rings (SSSR count). The average molecular weight is 199 g/mol. The second-order valence-corrected chi connectivity index (χ2v) is 5.28. The van der Waals surface area contributed by atoms with Crippen LogP contribution in [0.3, 0.4) is 0 Å². The van der Waals surface area contributed by atoms with Crippen LogP contribution in [0, 0.1) is 5.92 Å². The van der Waals surface area contributed by atoms with Crippen molar-refractivity contribution in [3.63, 3.8) is 0 Å². The van der Waals surface area contributed by atoms with Gasteiger partial charge in [0.1, 0.15) is 0 Å². The Hall–Kier alpha value is -0.180. The SMILES string of the molecule is O=C1CS[C@H](C2CCCCC2)CN1. The summed E-state index contributed by atoms with van der Waals surface area (Å²) in [4.78, 5) is 11.0. The van der Waals surface area contributed by atoms with E-state index < -0.39 is 0 Å². The van der Waals surface area contributed by atoms with E-state index in [0.717, 1.165) is 12.5 Å². The highest BCUT2D eigenvalue weighted by atomic mass is 32.2. The van der Waals surface area contributed by atoms with Crippen molar-refractivity contribution >= 4 is 17.7 Å². The van der Waals surface area contributed by atoms with Crippen LogP contribution in [0.2, 0.25) is 0 Å². The molecule has 0 aromatic rings. The second-order valence-electron chi connectivity index (χ2n) is 4.05. The summed E-state index contributed by atoms with van der Waals surface area (Å²) in [5.41, 5.74) is 0. The molecular formula is C10H17NOS. The molecule has 0 aromatic carbocycles. The van der Waals surface area contributed by atoms with Crippen LogP contribution in [0.1, 0.15) is 32.1 Å². The summed E-state index contributed by atoms with van der Waals surface area (Å²) in [7, 11) is 0. The predicted molar refractivity (Wildman–Crippen MR) is 55.8 cm³/mol. The van der Waals surface area contributed by atoms with Gasteiger partial charge in [0.2, 0.25) is 5.91 Å². The van der Waals surface area contributed by atoms with Gasteiger partial charge in [-0.25, -0.2) is 0 Å². The van der Waals surface area contributed by atoms with Crippen LogP contribution in [0.5, 0.6) is 0 Å². The summed E-state index contributed by atoms with van der Waals surface area (Å²) < 4.78 is 0. The topological polar surface area (TPSA) is 29.1 Å². The van der Waals surface area contributed by atoms with Crippen molar-refractivity contribution in [1.82, 2.24) is 5.32 Å². The third-order valence-corrected chi connectivity index (χ3v) is 4.51. The fourth-order valence-corrected chi connectivity index (χ4v) is 3.53. The second kappa shape index (κ2) is 4.36. The molecule has 0 radical (unpaired) electrons. The minimum Gasteiger partial charge on any atom is -0.354 e. The molecule has 2 nitrogen and oxygen atoms in total. The highest BCUT2D eigenvalue weighted by Crippen LogP contribution is 2.33. The molecule has 1 saturated carbocycles. The number of carbonyl (C=O) groups is 1. The maximum Gasteiger partial charge on any atom is 0.230 e. The highest BCUT2D eigenvalue weighted by molar-refractivity contribution is 8.00. The van der Waals surface area contributed by atoms with Crippen molar-refractivity contribution in [2.24, 2.45) is 5.92 Å². The minimum atomic E-state index is 0.219. The van der Waals surface area contributed by atoms with E-state index in [1.807, 2.05) is 11.8 Å². The number of hydrogen-bond acceptors (Lipinski definition) is 2. The quantitative estimate of drug-likeness (QED) is 0.697. The number of carbonyl (C=O) groups excluding carboxylic acids is 1. The molecule has 2 fully saturated rings. The van der Waals surface area contributed by atoms with Gasteiger partial charge in [0.15, 0.2) is 0 Å². The van der Waals surface area contributed by atoms with Crippen molar-refractivity contribution in [2.75, 3.05) is 12.3 Å². The van der Waals surface area contributed by atoms with Crippen LogP contribution in [0.15, 0.2) is 0 Å². The van der Waals surface area contributed by atoms with Crippen molar-refractivity contribution < 1.29 is 4.79 Å². The molecule has 0 unspecified atom stereocenters. The Morgan fingerprint density at radius 3 is 2.62 bits per heavy atom. The van der Waals surface area contributed by atoms with Gasteiger partial charge in [0.05, 0.1) is 5.75 Å². The van der Waals surface area contributed by atoms with E-state index >= 15 is 0 Å². The van der Waals surface area contributed by atoms with Gasteiger partial charge in [-0.05, 0) is 18.8 Å². The molecule has 74 valence electrons. The Bertz CT molecular complexity index is 179. The molecule has 0 bridgehead atoms. The molecule has 3 heteroatoms. The Morgan fingerprint density at radius 2 is 2.00 bits per heavy atom. The molecule has 13 heavy (non-hydrogen) atoms. The maximum atomic E-state index is 11.0. The van der Waals surface area contributed by atoms with Gasteiger partial charge in [-0.1, -0.05) is 19.3 Å². The van der Waals surface area contributed by atoms with Crippen molar-refractivity contribution in [1.29, 1.82) is 0 Å². The van der Waals surface area contributed by atoms with E-state index in [-0.39, 0.29) is 5.91 Å². The van der Waals surface area contributed by atoms with Gasteiger partial charge in [-0.3, -0.25) is 4.79 Å². The molecule has 1 N–H and O–H groups in total. The molecule has 1 amide bonds. The van der Waals surface area contributed by atoms with Crippen LogP contribution < -0.4 is 5.32 Å². The lowest BCUT2D eigenvalue weighted by molar-refractivity contribution is -0.118. The molecule has 1 saturated heterocycles. The molecule has 1 aliphatic heterocycles. The smallest absolute Gasteiger partial charge is 0.230 e. The van der Waals surface area contributed by atoms with Crippen LogP contribution in [-0.4, -0.2) is 23.5 Å². The first-order chi connectivity index (χ1) is 6.36. The van der Waals surface area contributed by atoms with E-state index in [2.05, 4.69) is 5.32 Å². The Kier molecular flexibility index (Phi) is 3.14. The Morgan fingerprint density at radius 1 is 1.23 bits per heavy atom. The normalized spacial score (nSPS) is 31.4. The van der Waals surface area contributed by atoms with E-state index in [1.54, 1.807) is 0 Å². The zero-order valence-electron chi connectivity index (χ0n) is 7.92. The predicted octanol–water partition coefficient (Wildman–Crippen LogP) is 1.80. The van der Waals surface area contributed by atoms with Crippen LogP contribution in [-0.2, 0) is 4.79 Å². The molecule has 1 heterocycles. The van der Waals surface area contributed by atoms with Gasteiger partial charge in [0, 0.05) is 11.8 Å². The van der Waals surface area contributed by atoms with E-state index in [0.29, 0.717) is 11.0 Å².